The van der Waals surface area contributed by atoms with Crippen LogP contribution in [-0.4, -0.2) is 16.6 Å². The summed E-state index contributed by atoms with van der Waals surface area (Å²) in [7, 11) is -3.65. The predicted octanol–water partition coefficient (Wildman–Crippen LogP) is 7.35. The van der Waals surface area contributed by atoms with Gasteiger partial charge in [-0.3, -0.25) is 0 Å². The maximum Gasteiger partial charge on any atom is 0.250 e. The molecule has 0 amide bonds. The molecule has 0 fully saturated rings. The summed E-state index contributed by atoms with van der Waals surface area (Å²) in [5.41, 5.74) is 1.14. The summed E-state index contributed by atoms with van der Waals surface area (Å²) < 4.78 is 14.1. The van der Waals surface area contributed by atoms with Crippen molar-refractivity contribution in [2.45, 2.75) is 84.4 Å². The second-order valence-electron chi connectivity index (χ2n) is 9.66. The third-order valence-electron chi connectivity index (χ3n) is 5.59. The SMILES string of the molecule is CC(C)(C)[Si](C)(C)OCc1cc(Br)ccc1O[Si](C)(C)C(C)(C)C. The molecule has 0 aliphatic heterocycles. The summed E-state index contributed by atoms with van der Waals surface area (Å²) in [6.45, 7) is 23.4. The van der Waals surface area contributed by atoms with E-state index in [1.807, 2.05) is 0 Å². The smallest absolute Gasteiger partial charge is 0.250 e. The zero-order chi connectivity index (χ0) is 19.0. The van der Waals surface area contributed by atoms with E-state index < -0.39 is 16.6 Å². The first-order valence-electron chi connectivity index (χ1n) is 8.68. The highest BCUT2D eigenvalue weighted by atomic mass is 79.9. The summed E-state index contributed by atoms with van der Waals surface area (Å²) in [6.07, 6.45) is 0. The third kappa shape index (κ3) is 5.45. The van der Waals surface area contributed by atoms with Crippen LogP contribution in [0.1, 0.15) is 47.1 Å². The molecule has 0 aliphatic rings. The molecule has 1 aromatic rings. The fraction of sp³-hybridized carbons (Fsp3) is 0.684. The third-order valence-corrected chi connectivity index (χ3v) is 14.9. The van der Waals surface area contributed by atoms with Crippen LogP contribution in [0.4, 0.5) is 0 Å². The van der Waals surface area contributed by atoms with E-state index in [0.717, 1.165) is 15.8 Å². The maximum absolute atomic E-state index is 6.56. The van der Waals surface area contributed by atoms with Crippen LogP contribution in [0.25, 0.3) is 0 Å². The van der Waals surface area contributed by atoms with Crippen molar-refractivity contribution in [2.75, 3.05) is 0 Å². The second-order valence-corrected chi connectivity index (χ2v) is 20.1. The molecule has 0 aromatic heterocycles. The van der Waals surface area contributed by atoms with Gasteiger partial charge < -0.3 is 8.85 Å². The molecule has 0 spiro atoms. The lowest BCUT2D eigenvalue weighted by Crippen LogP contribution is -2.44. The number of rotatable bonds is 5. The van der Waals surface area contributed by atoms with E-state index in [2.05, 4.69) is 102 Å². The van der Waals surface area contributed by atoms with Crippen LogP contribution in [0.5, 0.6) is 5.75 Å². The predicted molar refractivity (Wildman–Crippen MR) is 114 cm³/mol. The molecule has 0 bridgehead atoms. The highest BCUT2D eigenvalue weighted by Gasteiger charge is 2.40. The van der Waals surface area contributed by atoms with Gasteiger partial charge in [0.2, 0.25) is 8.32 Å². The largest absolute Gasteiger partial charge is 0.543 e. The first-order chi connectivity index (χ1) is 10.6. The van der Waals surface area contributed by atoms with Crippen molar-refractivity contribution >= 4 is 32.6 Å². The van der Waals surface area contributed by atoms with E-state index in [1.54, 1.807) is 0 Å². The molecule has 0 N–H and O–H groups in total. The van der Waals surface area contributed by atoms with Gasteiger partial charge in [0.05, 0.1) is 6.61 Å². The maximum atomic E-state index is 6.56. The van der Waals surface area contributed by atoms with Crippen molar-refractivity contribution in [1.82, 2.24) is 0 Å². The Balaban J connectivity index is 3.06. The second kappa shape index (κ2) is 7.25. The minimum Gasteiger partial charge on any atom is -0.543 e. The van der Waals surface area contributed by atoms with E-state index >= 15 is 0 Å². The fourth-order valence-corrected chi connectivity index (χ4v) is 4.08. The average Bonchev–Trinajstić information content (AvgIpc) is 2.36. The average molecular weight is 432 g/mol. The van der Waals surface area contributed by atoms with Gasteiger partial charge in [-0.05, 0) is 54.5 Å². The molecular weight excluding hydrogens is 396 g/mol. The first kappa shape index (κ1) is 21.9. The van der Waals surface area contributed by atoms with Crippen molar-refractivity contribution in [3.8, 4) is 5.75 Å². The fourth-order valence-electron chi connectivity index (χ4n) is 1.66. The lowest BCUT2D eigenvalue weighted by atomic mass is 10.2. The number of hydrogen-bond donors (Lipinski definition) is 0. The van der Waals surface area contributed by atoms with Crippen LogP contribution in [0, 0.1) is 0 Å². The van der Waals surface area contributed by atoms with Crippen molar-refractivity contribution in [3.05, 3.63) is 28.2 Å². The minimum absolute atomic E-state index is 0.178. The number of halogens is 1. The Kier molecular flexibility index (Phi) is 6.63. The van der Waals surface area contributed by atoms with Gasteiger partial charge >= 0.3 is 0 Å². The Morgan fingerprint density at radius 3 is 1.83 bits per heavy atom. The summed E-state index contributed by atoms with van der Waals surface area (Å²) in [5.74, 6) is 0.975. The van der Waals surface area contributed by atoms with Crippen molar-refractivity contribution in [3.63, 3.8) is 0 Å². The summed E-state index contributed by atoms with van der Waals surface area (Å²) >= 11 is 3.59. The molecule has 2 nitrogen and oxygen atoms in total. The molecule has 0 saturated heterocycles. The van der Waals surface area contributed by atoms with Crippen LogP contribution >= 0.6 is 15.9 Å². The van der Waals surface area contributed by atoms with Crippen molar-refractivity contribution in [1.29, 1.82) is 0 Å². The topological polar surface area (TPSA) is 18.5 Å². The van der Waals surface area contributed by atoms with Gasteiger partial charge in [-0.15, -0.1) is 0 Å². The Hall–Kier alpha value is -0.106. The van der Waals surface area contributed by atoms with E-state index in [4.69, 9.17) is 8.85 Å². The van der Waals surface area contributed by atoms with Crippen molar-refractivity contribution < 1.29 is 8.85 Å². The minimum atomic E-state index is -1.87. The summed E-state index contributed by atoms with van der Waals surface area (Å²) in [4.78, 5) is 0. The van der Waals surface area contributed by atoms with Crippen LogP contribution in [0.2, 0.25) is 36.3 Å². The zero-order valence-electron chi connectivity index (χ0n) is 17.1. The Bertz CT molecular complexity index is 570. The van der Waals surface area contributed by atoms with E-state index in [-0.39, 0.29) is 10.1 Å². The van der Waals surface area contributed by atoms with E-state index in [0.29, 0.717) is 6.61 Å². The van der Waals surface area contributed by atoms with Crippen LogP contribution < -0.4 is 4.43 Å². The zero-order valence-corrected chi connectivity index (χ0v) is 20.7. The molecule has 0 saturated carbocycles. The van der Waals surface area contributed by atoms with Crippen LogP contribution in [0.15, 0.2) is 22.7 Å². The van der Waals surface area contributed by atoms with Gasteiger partial charge in [0.25, 0.3) is 0 Å². The molecule has 138 valence electrons. The molecule has 5 heteroatoms. The normalized spacial score (nSPS) is 14.0. The monoisotopic (exact) mass is 430 g/mol. The summed E-state index contributed by atoms with van der Waals surface area (Å²) in [5, 5.41) is 0.386. The molecule has 0 aliphatic carbocycles. The van der Waals surface area contributed by atoms with Crippen LogP contribution in [0.3, 0.4) is 0 Å². The van der Waals surface area contributed by atoms with Gasteiger partial charge in [0.15, 0.2) is 8.32 Å². The molecule has 0 unspecified atom stereocenters. The molecule has 1 aromatic carbocycles. The van der Waals surface area contributed by atoms with Gasteiger partial charge in [-0.25, -0.2) is 0 Å². The number of benzene rings is 1. The highest BCUT2D eigenvalue weighted by Crippen LogP contribution is 2.40. The van der Waals surface area contributed by atoms with Gasteiger partial charge in [0, 0.05) is 10.0 Å². The molecule has 1 rings (SSSR count). The van der Waals surface area contributed by atoms with E-state index in [9.17, 15) is 0 Å². The Morgan fingerprint density at radius 1 is 0.875 bits per heavy atom. The Labute approximate surface area is 159 Å². The summed E-state index contributed by atoms with van der Waals surface area (Å²) in [6, 6.07) is 6.27. The molecule has 0 atom stereocenters. The first-order valence-corrected chi connectivity index (χ1v) is 15.3. The standard InChI is InChI=1S/C19H35BrO2Si2/c1-18(2,3)23(7,8)21-14-15-13-16(20)11-12-17(15)22-24(9,10)19(4,5)6/h11-13H,14H2,1-10H3. The van der Waals surface area contributed by atoms with Gasteiger partial charge in [-0.1, -0.05) is 57.5 Å². The van der Waals surface area contributed by atoms with Gasteiger partial charge in [-0.2, -0.15) is 0 Å². The number of hydrogen-bond acceptors (Lipinski definition) is 2. The quantitative estimate of drug-likeness (QED) is 0.454. The highest BCUT2D eigenvalue weighted by molar-refractivity contribution is 9.10. The van der Waals surface area contributed by atoms with Gasteiger partial charge in [0.1, 0.15) is 5.75 Å². The molecule has 0 radical (unpaired) electrons. The van der Waals surface area contributed by atoms with E-state index in [1.165, 1.54) is 0 Å². The van der Waals surface area contributed by atoms with Crippen molar-refractivity contribution in [2.24, 2.45) is 0 Å². The lowest BCUT2D eigenvalue weighted by Gasteiger charge is -2.38. The Morgan fingerprint density at radius 2 is 1.38 bits per heavy atom. The molecule has 24 heavy (non-hydrogen) atoms. The molecule has 0 heterocycles. The lowest BCUT2D eigenvalue weighted by molar-refractivity contribution is 0.272. The van der Waals surface area contributed by atoms with Crippen LogP contribution in [-0.2, 0) is 11.0 Å². The molecular formula is C19H35BrO2Si2.